The Labute approximate surface area is 176 Å². The van der Waals surface area contributed by atoms with Crippen molar-refractivity contribution in [3.8, 4) is 0 Å². The van der Waals surface area contributed by atoms with E-state index in [2.05, 4.69) is 36.1 Å². The lowest BCUT2D eigenvalue weighted by Crippen LogP contribution is -2.43. The number of hydrogen-bond acceptors (Lipinski definition) is 5. The second-order valence-corrected chi connectivity index (χ2v) is 8.83. The standard InChI is InChI=1S/C23H29N5O2/c1-15(2)28-21(29)26-20(25-18-11-8-17(9-12-18)23(4,5)6)27(22(28)30)14-19-10-7-16(3)13-24-19/h7-13,15H,14H2,1-6H3,(H,25,26,29). The van der Waals surface area contributed by atoms with Crippen LogP contribution in [0.25, 0.3) is 0 Å². The zero-order chi connectivity index (χ0) is 22.1. The van der Waals surface area contributed by atoms with Gasteiger partial charge in [-0.25, -0.2) is 14.2 Å². The molecule has 7 nitrogen and oxygen atoms in total. The van der Waals surface area contributed by atoms with Crippen LogP contribution >= 0.6 is 0 Å². The quantitative estimate of drug-likeness (QED) is 0.696. The highest BCUT2D eigenvalue weighted by atomic mass is 16.2. The molecule has 0 saturated carbocycles. The third-order valence-corrected chi connectivity index (χ3v) is 4.92. The summed E-state index contributed by atoms with van der Waals surface area (Å²) in [5.74, 6) is 0.202. The van der Waals surface area contributed by atoms with Crippen LogP contribution < -0.4 is 16.7 Å². The third kappa shape index (κ3) is 4.67. The first-order valence-electron chi connectivity index (χ1n) is 10.1. The number of nitrogens with one attached hydrogen (secondary N) is 1. The fraction of sp³-hybridized carbons (Fsp3) is 0.391. The molecule has 2 aromatic heterocycles. The monoisotopic (exact) mass is 407 g/mol. The number of nitrogens with zero attached hydrogens (tertiary/aromatic N) is 4. The van der Waals surface area contributed by atoms with E-state index in [0.717, 1.165) is 15.8 Å². The van der Waals surface area contributed by atoms with Crippen molar-refractivity contribution in [2.24, 2.45) is 0 Å². The molecule has 0 aliphatic heterocycles. The predicted molar refractivity (Wildman–Crippen MR) is 120 cm³/mol. The van der Waals surface area contributed by atoms with Crippen LogP contribution in [0, 0.1) is 6.92 Å². The van der Waals surface area contributed by atoms with E-state index in [-0.39, 0.29) is 23.9 Å². The summed E-state index contributed by atoms with van der Waals surface area (Å²) in [5, 5.41) is 3.14. The molecule has 0 spiro atoms. The Kier molecular flexibility index (Phi) is 5.92. The molecule has 30 heavy (non-hydrogen) atoms. The Bertz CT molecular complexity index is 1130. The molecule has 2 heterocycles. The molecule has 7 heteroatoms. The minimum absolute atomic E-state index is 0.0354. The highest BCUT2D eigenvalue weighted by Gasteiger charge is 2.17. The summed E-state index contributed by atoms with van der Waals surface area (Å²) in [6.07, 6.45) is 1.75. The SMILES string of the molecule is Cc1ccc(Cn2c(Nc3ccc(C(C)(C)C)cc3)nc(=O)n(C(C)C)c2=O)nc1. The fourth-order valence-corrected chi connectivity index (χ4v) is 3.12. The average molecular weight is 408 g/mol. The molecular formula is C23H29N5O2. The Hall–Kier alpha value is -3.22. The van der Waals surface area contributed by atoms with Crippen LogP contribution in [0.5, 0.6) is 0 Å². The normalized spacial score (nSPS) is 11.7. The van der Waals surface area contributed by atoms with Crippen molar-refractivity contribution in [2.75, 3.05) is 5.32 Å². The molecule has 3 rings (SSSR count). The molecule has 0 bridgehead atoms. The molecular weight excluding hydrogens is 378 g/mol. The van der Waals surface area contributed by atoms with Gasteiger partial charge in [0.1, 0.15) is 0 Å². The van der Waals surface area contributed by atoms with Crippen LogP contribution in [0.15, 0.2) is 52.2 Å². The number of anilines is 2. The average Bonchev–Trinajstić information content (AvgIpc) is 2.65. The molecule has 1 aromatic carbocycles. The lowest BCUT2D eigenvalue weighted by atomic mass is 9.87. The highest BCUT2D eigenvalue weighted by molar-refractivity contribution is 5.54. The van der Waals surface area contributed by atoms with E-state index in [1.165, 1.54) is 10.1 Å². The first kappa shape index (κ1) is 21.5. The molecule has 0 atom stereocenters. The van der Waals surface area contributed by atoms with E-state index in [1.807, 2.05) is 43.3 Å². The van der Waals surface area contributed by atoms with E-state index in [0.29, 0.717) is 5.69 Å². The van der Waals surface area contributed by atoms with Crippen LogP contribution in [-0.2, 0) is 12.0 Å². The number of pyridine rings is 1. The van der Waals surface area contributed by atoms with Crippen molar-refractivity contribution in [3.63, 3.8) is 0 Å². The van der Waals surface area contributed by atoms with Gasteiger partial charge in [-0.3, -0.25) is 9.55 Å². The zero-order valence-corrected chi connectivity index (χ0v) is 18.4. The fourth-order valence-electron chi connectivity index (χ4n) is 3.12. The first-order valence-corrected chi connectivity index (χ1v) is 10.1. The maximum Gasteiger partial charge on any atom is 0.355 e. The summed E-state index contributed by atoms with van der Waals surface area (Å²) >= 11 is 0. The summed E-state index contributed by atoms with van der Waals surface area (Å²) in [6, 6.07) is 11.4. The van der Waals surface area contributed by atoms with Crippen LogP contribution in [0.2, 0.25) is 0 Å². The smallest absolute Gasteiger partial charge is 0.325 e. The molecule has 3 aromatic rings. The molecule has 0 aliphatic carbocycles. The molecule has 1 N–H and O–H groups in total. The van der Waals surface area contributed by atoms with Crippen molar-refractivity contribution in [3.05, 3.63) is 80.4 Å². The molecule has 0 amide bonds. The Morgan fingerprint density at radius 2 is 1.70 bits per heavy atom. The van der Waals surface area contributed by atoms with Gasteiger partial charge in [0.05, 0.1) is 12.2 Å². The Morgan fingerprint density at radius 1 is 1.03 bits per heavy atom. The second-order valence-electron chi connectivity index (χ2n) is 8.83. The summed E-state index contributed by atoms with van der Waals surface area (Å²) in [6.45, 7) is 12.2. The van der Waals surface area contributed by atoms with Gasteiger partial charge in [0.15, 0.2) is 0 Å². The van der Waals surface area contributed by atoms with E-state index in [1.54, 1.807) is 20.0 Å². The zero-order valence-electron chi connectivity index (χ0n) is 18.4. The molecule has 0 unspecified atom stereocenters. The maximum absolute atomic E-state index is 13.1. The van der Waals surface area contributed by atoms with Crippen LogP contribution in [0.4, 0.5) is 11.6 Å². The topological polar surface area (TPSA) is 81.8 Å². The van der Waals surface area contributed by atoms with Crippen molar-refractivity contribution in [1.82, 2.24) is 19.1 Å². The van der Waals surface area contributed by atoms with Crippen LogP contribution in [-0.4, -0.2) is 19.1 Å². The predicted octanol–water partition coefficient (Wildman–Crippen LogP) is 3.78. The third-order valence-electron chi connectivity index (χ3n) is 4.92. The summed E-state index contributed by atoms with van der Waals surface area (Å²) in [7, 11) is 0. The van der Waals surface area contributed by atoms with E-state index in [9.17, 15) is 9.59 Å². The van der Waals surface area contributed by atoms with Crippen LogP contribution in [0.1, 0.15) is 57.5 Å². The number of hydrogen-bond donors (Lipinski definition) is 1. The summed E-state index contributed by atoms with van der Waals surface area (Å²) < 4.78 is 2.61. The number of rotatable bonds is 5. The van der Waals surface area contributed by atoms with Gasteiger partial charge < -0.3 is 5.32 Å². The highest BCUT2D eigenvalue weighted by Crippen LogP contribution is 2.24. The largest absolute Gasteiger partial charge is 0.355 e. The molecule has 158 valence electrons. The molecule has 0 saturated heterocycles. The minimum atomic E-state index is -0.572. The Morgan fingerprint density at radius 3 is 2.23 bits per heavy atom. The van der Waals surface area contributed by atoms with Crippen molar-refractivity contribution >= 4 is 11.6 Å². The summed E-state index contributed by atoms with van der Waals surface area (Å²) in [4.78, 5) is 34.2. The van der Waals surface area contributed by atoms with Gasteiger partial charge in [0.25, 0.3) is 0 Å². The van der Waals surface area contributed by atoms with Gasteiger partial charge in [0, 0.05) is 17.9 Å². The van der Waals surface area contributed by atoms with Crippen molar-refractivity contribution < 1.29 is 0 Å². The van der Waals surface area contributed by atoms with Gasteiger partial charge in [0.2, 0.25) is 5.95 Å². The number of aromatic nitrogens is 4. The minimum Gasteiger partial charge on any atom is -0.325 e. The maximum atomic E-state index is 13.1. The summed E-state index contributed by atoms with van der Waals surface area (Å²) in [5.41, 5.74) is 2.74. The van der Waals surface area contributed by atoms with Gasteiger partial charge >= 0.3 is 11.4 Å². The Balaban J connectivity index is 2.05. The van der Waals surface area contributed by atoms with Gasteiger partial charge in [-0.1, -0.05) is 39.0 Å². The lowest BCUT2D eigenvalue weighted by molar-refractivity contribution is 0.495. The van der Waals surface area contributed by atoms with Gasteiger partial charge in [-0.05, 0) is 55.5 Å². The van der Waals surface area contributed by atoms with E-state index in [4.69, 9.17) is 0 Å². The lowest BCUT2D eigenvalue weighted by Gasteiger charge is -2.20. The molecule has 0 aliphatic rings. The van der Waals surface area contributed by atoms with Crippen molar-refractivity contribution in [1.29, 1.82) is 0 Å². The number of aryl methyl sites for hydroxylation is 1. The van der Waals surface area contributed by atoms with Gasteiger partial charge in [-0.2, -0.15) is 4.98 Å². The molecule has 0 fully saturated rings. The molecule has 0 radical (unpaired) electrons. The van der Waals surface area contributed by atoms with Crippen LogP contribution in [0.3, 0.4) is 0 Å². The number of benzene rings is 1. The first-order chi connectivity index (χ1) is 14.1. The van der Waals surface area contributed by atoms with Crippen molar-refractivity contribution in [2.45, 2.75) is 59.5 Å². The second kappa shape index (κ2) is 8.26. The van der Waals surface area contributed by atoms with E-state index < -0.39 is 11.4 Å². The van der Waals surface area contributed by atoms with Gasteiger partial charge in [-0.15, -0.1) is 0 Å². The van der Waals surface area contributed by atoms with E-state index >= 15 is 0 Å².